The van der Waals surface area contributed by atoms with Crippen LogP contribution in [-0.4, -0.2) is 30.0 Å². The first kappa shape index (κ1) is 12.2. The minimum Gasteiger partial charge on any atom is -0.351 e. The Morgan fingerprint density at radius 2 is 2.16 bits per heavy atom. The van der Waals surface area contributed by atoms with Crippen LogP contribution in [0.4, 0.5) is 0 Å². The fourth-order valence-electron chi connectivity index (χ4n) is 2.60. The van der Waals surface area contributed by atoms with E-state index in [9.17, 15) is 4.79 Å². The van der Waals surface area contributed by atoms with Crippen molar-refractivity contribution >= 4 is 16.8 Å². The summed E-state index contributed by atoms with van der Waals surface area (Å²) in [5.74, 6) is -0.00935. The van der Waals surface area contributed by atoms with Gasteiger partial charge in [0.05, 0.1) is 0 Å². The maximum absolute atomic E-state index is 12.2. The summed E-state index contributed by atoms with van der Waals surface area (Å²) < 4.78 is 0. The SMILES string of the molecule is O=C(NC1CCCCNC1)c1cc2ccccc2[nH]1. The number of para-hydroxylation sites is 1. The monoisotopic (exact) mass is 257 g/mol. The van der Waals surface area contributed by atoms with E-state index in [0.717, 1.165) is 30.4 Å². The summed E-state index contributed by atoms with van der Waals surface area (Å²) in [6.45, 7) is 1.92. The van der Waals surface area contributed by atoms with Crippen LogP contribution < -0.4 is 10.6 Å². The predicted octanol–water partition coefficient (Wildman–Crippen LogP) is 2.04. The molecule has 0 radical (unpaired) electrons. The van der Waals surface area contributed by atoms with E-state index in [4.69, 9.17) is 0 Å². The van der Waals surface area contributed by atoms with Gasteiger partial charge in [-0.2, -0.15) is 0 Å². The highest BCUT2D eigenvalue weighted by Gasteiger charge is 2.16. The van der Waals surface area contributed by atoms with Crippen LogP contribution in [0.15, 0.2) is 30.3 Å². The van der Waals surface area contributed by atoms with Crippen LogP contribution in [0, 0.1) is 0 Å². The number of nitrogens with one attached hydrogen (secondary N) is 3. The molecular formula is C15H19N3O. The Morgan fingerprint density at radius 3 is 3.05 bits per heavy atom. The molecule has 19 heavy (non-hydrogen) atoms. The van der Waals surface area contributed by atoms with Gasteiger partial charge in [-0.1, -0.05) is 24.6 Å². The third-order valence-electron chi connectivity index (χ3n) is 3.66. The zero-order valence-electron chi connectivity index (χ0n) is 10.9. The highest BCUT2D eigenvalue weighted by atomic mass is 16.1. The fraction of sp³-hybridized carbons (Fsp3) is 0.400. The first-order valence-corrected chi connectivity index (χ1v) is 6.92. The number of rotatable bonds is 2. The van der Waals surface area contributed by atoms with Gasteiger partial charge in [-0.05, 0) is 31.5 Å². The average molecular weight is 257 g/mol. The van der Waals surface area contributed by atoms with Gasteiger partial charge in [0.1, 0.15) is 5.69 Å². The van der Waals surface area contributed by atoms with Crippen molar-refractivity contribution in [2.45, 2.75) is 25.3 Å². The lowest BCUT2D eigenvalue weighted by atomic mass is 10.1. The van der Waals surface area contributed by atoms with E-state index in [1.54, 1.807) is 0 Å². The number of aromatic amines is 1. The smallest absolute Gasteiger partial charge is 0.267 e. The predicted molar refractivity (Wildman–Crippen MR) is 76.3 cm³/mol. The summed E-state index contributed by atoms with van der Waals surface area (Å²) in [5, 5.41) is 7.53. The molecule has 1 fully saturated rings. The molecule has 1 aliphatic heterocycles. The summed E-state index contributed by atoms with van der Waals surface area (Å²) in [6.07, 6.45) is 3.42. The first-order chi connectivity index (χ1) is 9.33. The highest BCUT2D eigenvalue weighted by Crippen LogP contribution is 2.15. The van der Waals surface area contributed by atoms with Gasteiger partial charge in [0, 0.05) is 23.5 Å². The maximum Gasteiger partial charge on any atom is 0.267 e. The van der Waals surface area contributed by atoms with Gasteiger partial charge in [0.25, 0.3) is 5.91 Å². The van der Waals surface area contributed by atoms with Crippen LogP contribution in [0.1, 0.15) is 29.8 Å². The summed E-state index contributed by atoms with van der Waals surface area (Å²) in [4.78, 5) is 15.4. The number of aromatic nitrogens is 1. The van der Waals surface area contributed by atoms with E-state index in [2.05, 4.69) is 15.6 Å². The van der Waals surface area contributed by atoms with Gasteiger partial charge >= 0.3 is 0 Å². The van der Waals surface area contributed by atoms with Gasteiger partial charge in [-0.25, -0.2) is 0 Å². The van der Waals surface area contributed by atoms with E-state index >= 15 is 0 Å². The van der Waals surface area contributed by atoms with Crippen LogP contribution >= 0.6 is 0 Å². The summed E-state index contributed by atoms with van der Waals surface area (Å²) in [7, 11) is 0. The van der Waals surface area contributed by atoms with Crippen molar-refractivity contribution in [3.05, 3.63) is 36.0 Å². The third-order valence-corrected chi connectivity index (χ3v) is 3.66. The van der Waals surface area contributed by atoms with Crippen molar-refractivity contribution < 1.29 is 4.79 Å². The molecule has 1 atom stereocenters. The molecule has 4 nitrogen and oxygen atoms in total. The number of fused-ring (bicyclic) bond motifs is 1. The molecule has 0 saturated carbocycles. The normalized spacial score (nSPS) is 20.1. The average Bonchev–Trinajstić information content (AvgIpc) is 2.70. The molecule has 4 heteroatoms. The molecule has 3 N–H and O–H groups in total. The molecule has 1 aromatic heterocycles. The van der Waals surface area contributed by atoms with Crippen LogP contribution in [0.3, 0.4) is 0 Å². The lowest BCUT2D eigenvalue weighted by Gasteiger charge is -2.15. The molecular weight excluding hydrogens is 238 g/mol. The Bertz CT molecular complexity index is 535. The van der Waals surface area contributed by atoms with Gasteiger partial charge in [-0.15, -0.1) is 0 Å². The van der Waals surface area contributed by atoms with Crippen molar-refractivity contribution in [3.8, 4) is 0 Å². The molecule has 1 aromatic carbocycles. The highest BCUT2D eigenvalue weighted by molar-refractivity contribution is 5.98. The Morgan fingerprint density at radius 1 is 1.26 bits per heavy atom. The standard InChI is InChI=1S/C15H19N3O/c19-15(17-12-6-3-4-8-16-10-12)14-9-11-5-1-2-7-13(11)18-14/h1-2,5,7,9,12,16,18H,3-4,6,8,10H2,(H,17,19). The number of hydrogen-bond donors (Lipinski definition) is 3. The quantitative estimate of drug-likeness (QED) is 0.771. The largest absolute Gasteiger partial charge is 0.351 e. The van der Waals surface area contributed by atoms with E-state index in [-0.39, 0.29) is 11.9 Å². The van der Waals surface area contributed by atoms with E-state index < -0.39 is 0 Å². The number of benzene rings is 1. The zero-order chi connectivity index (χ0) is 13.1. The van der Waals surface area contributed by atoms with Crippen molar-refractivity contribution in [3.63, 3.8) is 0 Å². The molecule has 0 bridgehead atoms. The lowest BCUT2D eigenvalue weighted by Crippen LogP contribution is -2.40. The fourth-order valence-corrected chi connectivity index (χ4v) is 2.60. The van der Waals surface area contributed by atoms with Crippen LogP contribution in [0.2, 0.25) is 0 Å². The molecule has 1 amide bonds. The number of H-pyrrole nitrogens is 1. The van der Waals surface area contributed by atoms with Crippen LogP contribution in [0.5, 0.6) is 0 Å². The van der Waals surface area contributed by atoms with Gasteiger partial charge in [0.15, 0.2) is 0 Å². The molecule has 100 valence electrons. The van der Waals surface area contributed by atoms with Gasteiger partial charge in [0.2, 0.25) is 0 Å². The van der Waals surface area contributed by atoms with Crippen LogP contribution in [0.25, 0.3) is 10.9 Å². The second-order valence-corrected chi connectivity index (χ2v) is 5.14. The molecule has 1 unspecified atom stereocenters. The maximum atomic E-state index is 12.2. The van der Waals surface area contributed by atoms with E-state index in [0.29, 0.717) is 5.69 Å². The van der Waals surface area contributed by atoms with Gasteiger partial charge in [-0.3, -0.25) is 4.79 Å². The molecule has 1 aliphatic rings. The minimum atomic E-state index is -0.00935. The zero-order valence-corrected chi connectivity index (χ0v) is 10.9. The second kappa shape index (κ2) is 5.45. The molecule has 3 rings (SSSR count). The number of carbonyl (C=O) groups is 1. The Hall–Kier alpha value is -1.81. The Kier molecular flexibility index (Phi) is 3.51. The lowest BCUT2D eigenvalue weighted by molar-refractivity contribution is 0.0931. The van der Waals surface area contributed by atoms with Gasteiger partial charge < -0.3 is 15.6 Å². The topological polar surface area (TPSA) is 56.9 Å². The molecule has 0 spiro atoms. The minimum absolute atomic E-state index is 0.00935. The number of hydrogen-bond acceptors (Lipinski definition) is 2. The Labute approximate surface area is 112 Å². The molecule has 2 aromatic rings. The second-order valence-electron chi connectivity index (χ2n) is 5.14. The summed E-state index contributed by atoms with van der Waals surface area (Å²) >= 11 is 0. The number of amides is 1. The molecule has 2 heterocycles. The third kappa shape index (κ3) is 2.79. The summed E-state index contributed by atoms with van der Waals surface area (Å²) in [6, 6.07) is 10.1. The summed E-state index contributed by atoms with van der Waals surface area (Å²) in [5.41, 5.74) is 1.65. The molecule has 1 saturated heterocycles. The van der Waals surface area contributed by atoms with Crippen molar-refractivity contribution in [2.24, 2.45) is 0 Å². The van der Waals surface area contributed by atoms with E-state index in [1.807, 2.05) is 30.3 Å². The van der Waals surface area contributed by atoms with Crippen molar-refractivity contribution in [1.82, 2.24) is 15.6 Å². The van der Waals surface area contributed by atoms with E-state index in [1.165, 1.54) is 12.8 Å². The number of carbonyl (C=O) groups excluding carboxylic acids is 1. The Balaban J connectivity index is 1.72. The molecule has 0 aliphatic carbocycles. The van der Waals surface area contributed by atoms with Crippen LogP contribution in [-0.2, 0) is 0 Å². The van der Waals surface area contributed by atoms with Crippen molar-refractivity contribution in [1.29, 1.82) is 0 Å². The first-order valence-electron chi connectivity index (χ1n) is 6.92. The van der Waals surface area contributed by atoms with Crippen molar-refractivity contribution in [2.75, 3.05) is 13.1 Å².